The molecule has 4 saturated carbocycles. The Balaban J connectivity index is 1.44. The van der Waals surface area contributed by atoms with Crippen LogP contribution in [-0.4, -0.2) is 93.6 Å². The Labute approximate surface area is 319 Å². The highest BCUT2D eigenvalue weighted by Crippen LogP contribution is 2.61. The van der Waals surface area contributed by atoms with Gasteiger partial charge in [0.1, 0.15) is 5.75 Å². The van der Waals surface area contributed by atoms with E-state index in [4.69, 9.17) is 4.74 Å². The van der Waals surface area contributed by atoms with Gasteiger partial charge in [-0.05, 0) is 117 Å². The van der Waals surface area contributed by atoms with Crippen LogP contribution in [0.1, 0.15) is 83.1 Å². The maximum Gasteiger partial charge on any atom is 0.253 e. The van der Waals surface area contributed by atoms with Gasteiger partial charge in [0.2, 0.25) is 5.91 Å². The maximum atomic E-state index is 14.4. The number of carbonyl (C=O) groups is 2. The quantitative estimate of drug-likeness (QED) is 0.175. The van der Waals surface area contributed by atoms with Crippen molar-refractivity contribution in [2.75, 3.05) is 53.4 Å². The number of aliphatic hydroxyl groups is 2. The smallest absolute Gasteiger partial charge is 0.253 e. The van der Waals surface area contributed by atoms with Crippen LogP contribution in [0, 0.1) is 52.8 Å². The van der Waals surface area contributed by atoms with Gasteiger partial charge in [0.25, 0.3) is 5.91 Å². The lowest BCUT2D eigenvalue weighted by Gasteiger charge is -2.62. The zero-order valence-electron chi connectivity index (χ0n) is 34.3. The highest BCUT2D eigenvalue weighted by atomic mass is 16.5. The Hall–Kier alpha value is -3.14. The molecule has 53 heavy (non-hydrogen) atoms. The van der Waals surface area contributed by atoms with Crippen molar-refractivity contribution in [1.29, 1.82) is 0 Å². The summed E-state index contributed by atoms with van der Waals surface area (Å²) in [5, 5.41) is 28.3. The number of nitrogens with one attached hydrogen (secondary N) is 2. The number of rotatable bonds is 15. The number of para-hydroxylation sites is 1. The van der Waals surface area contributed by atoms with Crippen LogP contribution in [0.3, 0.4) is 0 Å². The number of benzene rings is 2. The molecule has 1 unspecified atom stereocenters. The first-order valence-electron chi connectivity index (χ1n) is 20.0. The molecule has 9 heteroatoms. The van der Waals surface area contributed by atoms with Gasteiger partial charge in [-0.1, -0.05) is 58.9 Å². The molecule has 4 aliphatic carbocycles. The summed E-state index contributed by atoms with van der Waals surface area (Å²) in [6.07, 6.45) is 3.59. The summed E-state index contributed by atoms with van der Waals surface area (Å²) in [6.45, 7) is 13.8. The number of likely N-dealkylation sites (N-methyl/N-ethyl adjacent to an activating group) is 1. The van der Waals surface area contributed by atoms with Gasteiger partial charge in [0.05, 0.1) is 18.8 Å². The highest BCUT2D eigenvalue weighted by Gasteiger charge is 2.57. The molecule has 0 heterocycles. The van der Waals surface area contributed by atoms with Crippen molar-refractivity contribution in [2.24, 2.45) is 52.8 Å². The van der Waals surface area contributed by atoms with Crippen LogP contribution in [0.2, 0.25) is 0 Å². The molecule has 4 aliphatic rings. The standard InChI is InChI=1S/C44H68N4O5/c1-25(2)17-33(23-47(7)8)45-42(51)35-20-28(15-16-38(35)48(9)10)34-14-12-13-29(41(34)53-11)18-30-19-31(24-49)39(27(4)50)40(30)43(52)46-37-22-32-21-36(26(37)3)44(32,5)6/h12-16,20,25-27,30-33,36-37,39-40,49-50H,17-19,21-24H2,1-11H3,(H,45,51)(H,46,52)/t26-,27-,30?,31-,32+,33-,36-,37-,39+,40-/m0/s1. The molecule has 2 amide bonds. The molecule has 4 fully saturated rings. The second-order valence-corrected chi connectivity index (χ2v) is 18.2. The Kier molecular flexibility index (Phi) is 12.9. The normalized spacial score (nSPS) is 28.7. The minimum atomic E-state index is -0.727. The third kappa shape index (κ3) is 8.57. The van der Waals surface area contributed by atoms with E-state index in [1.165, 1.54) is 6.42 Å². The van der Waals surface area contributed by atoms with Crippen LogP contribution in [0.5, 0.6) is 5.75 Å². The van der Waals surface area contributed by atoms with Gasteiger partial charge in [0.15, 0.2) is 0 Å². The van der Waals surface area contributed by atoms with Gasteiger partial charge in [-0.3, -0.25) is 9.59 Å². The molecule has 2 aromatic carbocycles. The van der Waals surface area contributed by atoms with Gasteiger partial charge in [-0.2, -0.15) is 0 Å². The minimum Gasteiger partial charge on any atom is -0.496 e. The monoisotopic (exact) mass is 733 g/mol. The van der Waals surface area contributed by atoms with Crippen LogP contribution in [0.4, 0.5) is 5.69 Å². The number of nitrogens with zero attached hydrogens (tertiary/aromatic N) is 2. The second kappa shape index (κ2) is 16.7. The number of anilines is 1. The van der Waals surface area contributed by atoms with Crippen LogP contribution < -0.4 is 20.3 Å². The van der Waals surface area contributed by atoms with E-state index in [9.17, 15) is 19.8 Å². The number of methoxy groups -OCH3 is 1. The number of hydrogen-bond donors (Lipinski definition) is 4. The number of amides is 2. The van der Waals surface area contributed by atoms with Crippen LogP contribution in [0.15, 0.2) is 36.4 Å². The zero-order chi connectivity index (χ0) is 38.9. The minimum absolute atomic E-state index is 0.00268. The molecule has 2 bridgehead atoms. The molecule has 9 nitrogen and oxygen atoms in total. The van der Waals surface area contributed by atoms with Gasteiger partial charge in [0, 0.05) is 62.4 Å². The number of ether oxygens (including phenoxy) is 1. The number of hydrogen-bond acceptors (Lipinski definition) is 7. The predicted molar refractivity (Wildman–Crippen MR) is 214 cm³/mol. The Bertz CT molecular complexity index is 1580. The van der Waals surface area contributed by atoms with Gasteiger partial charge in [-0.25, -0.2) is 0 Å². The summed E-state index contributed by atoms with van der Waals surface area (Å²) in [4.78, 5) is 32.4. The van der Waals surface area contributed by atoms with Crippen LogP contribution in [-0.2, 0) is 11.2 Å². The highest BCUT2D eigenvalue weighted by molar-refractivity contribution is 6.01. The summed E-state index contributed by atoms with van der Waals surface area (Å²) in [6, 6.07) is 12.2. The lowest BCUT2D eigenvalue weighted by atomic mass is 9.44. The van der Waals surface area contributed by atoms with Crippen LogP contribution in [0.25, 0.3) is 11.1 Å². The second-order valence-electron chi connectivity index (χ2n) is 18.2. The summed E-state index contributed by atoms with van der Waals surface area (Å²) in [5.41, 5.74) is 4.47. The first-order chi connectivity index (χ1) is 25.0. The topological polar surface area (TPSA) is 114 Å². The average Bonchev–Trinajstić information content (AvgIpc) is 3.46. The molecule has 10 atom stereocenters. The maximum absolute atomic E-state index is 14.4. The van der Waals surface area contributed by atoms with Crippen molar-refractivity contribution in [3.8, 4) is 16.9 Å². The molecular weight excluding hydrogens is 665 g/mol. The van der Waals surface area contributed by atoms with E-state index in [0.717, 1.165) is 41.8 Å². The van der Waals surface area contributed by atoms with Crippen molar-refractivity contribution in [3.63, 3.8) is 0 Å². The summed E-state index contributed by atoms with van der Waals surface area (Å²) < 4.78 is 6.15. The van der Waals surface area contributed by atoms with Gasteiger partial charge >= 0.3 is 0 Å². The summed E-state index contributed by atoms with van der Waals surface area (Å²) in [7, 11) is 9.63. The Morgan fingerprint density at radius 2 is 1.74 bits per heavy atom. The fraction of sp³-hybridized carbons (Fsp3) is 0.682. The molecule has 0 saturated heterocycles. The van der Waals surface area contributed by atoms with Crippen LogP contribution >= 0.6 is 0 Å². The third-order valence-corrected chi connectivity index (χ3v) is 13.3. The molecule has 2 aromatic rings. The van der Waals surface area contributed by atoms with Crippen molar-refractivity contribution < 1.29 is 24.5 Å². The fourth-order valence-corrected chi connectivity index (χ4v) is 10.6. The zero-order valence-corrected chi connectivity index (χ0v) is 34.3. The SMILES string of the molecule is COc1c(CC2C[C@@H](CO)[C@@H]([C@H](C)O)[C@H]2C(=O)N[C@H]2C[C@H]3C[C@@H]([C@@H]2C)C3(C)C)cccc1-c1ccc(N(C)C)c(C(=O)N[C@@H](CC(C)C)CN(C)C)c1. The Morgan fingerprint density at radius 1 is 1.02 bits per heavy atom. The first-order valence-corrected chi connectivity index (χ1v) is 20.0. The number of aliphatic hydroxyl groups excluding tert-OH is 2. The van der Waals surface area contributed by atoms with Crippen molar-refractivity contribution in [1.82, 2.24) is 15.5 Å². The lowest BCUT2D eigenvalue weighted by molar-refractivity contribution is -0.140. The molecular formula is C44H68N4O5. The molecule has 0 aromatic heterocycles. The fourth-order valence-electron chi connectivity index (χ4n) is 10.6. The van der Waals surface area contributed by atoms with Crippen molar-refractivity contribution in [2.45, 2.75) is 91.8 Å². The average molecular weight is 733 g/mol. The van der Waals surface area contributed by atoms with Crippen molar-refractivity contribution in [3.05, 3.63) is 47.5 Å². The number of fused-ring (bicyclic) bond motifs is 2. The Morgan fingerprint density at radius 3 is 2.30 bits per heavy atom. The van der Waals surface area contributed by atoms with E-state index < -0.39 is 12.0 Å². The lowest BCUT2D eigenvalue weighted by Crippen LogP contribution is -2.61. The van der Waals surface area contributed by atoms with Crippen molar-refractivity contribution >= 4 is 17.5 Å². The first kappa shape index (κ1) is 41.0. The third-order valence-electron chi connectivity index (χ3n) is 13.3. The van der Waals surface area contributed by atoms with E-state index in [1.807, 2.05) is 63.4 Å². The largest absolute Gasteiger partial charge is 0.496 e. The van der Waals surface area contributed by atoms with Gasteiger partial charge in [-0.15, -0.1) is 0 Å². The molecule has 4 N–H and O–H groups in total. The summed E-state index contributed by atoms with van der Waals surface area (Å²) >= 11 is 0. The molecule has 294 valence electrons. The van der Waals surface area contributed by atoms with E-state index in [1.54, 1.807) is 14.0 Å². The molecule has 0 radical (unpaired) electrons. The summed E-state index contributed by atoms with van der Waals surface area (Å²) in [5.74, 6) is 1.64. The van der Waals surface area contributed by atoms with Gasteiger partial charge < -0.3 is 35.4 Å². The molecule has 6 rings (SSSR count). The number of carbonyl (C=O) groups excluding carboxylic acids is 2. The van der Waals surface area contributed by atoms with E-state index >= 15 is 0 Å². The molecule has 0 aliphatic heterocycles. The predicted octanol–water partition coefficient (Wildman–Crippen LogP) is 6.11. The van der Waals surface area contributed by atoms with E-state index in [0.29, 0.717) is 53.2 Å². The van der Waals surface area contributed by atoms with E-state index in [-0.39, 0.29) is 48.3 Å². The molecule has 0 spiro atoms. The van der Waals surface area contributed by atoms with E-state index in [2.05, 4.69) is 56.2 Å².